The van der Waals surface area contributed by atoms with Crippen molar-refractivity contribution in [3.63, 3.8) is 0 Å². The number of imidazole rings is 1. The van der Waals surface area contributed by atoms with E-state index in [-0.39, 0.29) is 11.7 Å². The summed E-state index contributed by atoms with van der Waals surface area (Å²) >= 11 is 0. The highest BCUT2D eigenvalue weighted by molar-refractivity contribution is 5.94. The van der Waals surface area contributed by atoms with Gasteiger partial charge in [-0.1, -0.05) is 19.1 Å². The van der Waals surface area contributed by atoms with Gasteiger partial charge in [-0.15, -0.1) is 0 Å². The van der Waals surface area contributed by atoms with Crippen LogP contribution in [0.5, 0.6) is 0 Å². The van der Waals surface area contributed by atoms with E-state index in [2.05, 4.69) is 15.3 Å². The Balaban J connectivity index is 1.98. The van der Waals surface area contributed by atoms with Crippen LogP contribution >= 0.6 is 0 Å². The Hall–Kier alpha value is -2.35. The van der Waals surface area contributed by atoms with Crippen LogP contribution in [0, 0.1) is 0 Å². The molecule has 0 aliphatic heterocycles. The van der Waals surface area contributed by atoms with Crippen LogP contribution in [0.4, 0.5) is 18.9 Å². The maximum atomic E-state index is 12.3. The quantitative estimate of drug-likeness (QED) is 0.764. The number of rotatable bonds is 6. The van der Waals surface area contributed by atoms with Gasteiger partial charge in [0, 0.05) is 24.6 Å². The van der Waals surface area contributed by atoms with Crippen LogP contribution in [0.2, 0.25) is 0 Å². The fourth-order valence-electron chi connectivity index (χ4n) is 2.10. The SMILES string of the molecule is CCC(NCc1cccc(NC(=O)C(F)(F)F)c1)c1ncc[nH]1. The second-order valence-electron chi connectivity index (χ2n) is 4.97. The zero-order chi connectivity index (χ0) is 16.9. The lowest BCUT2D eigenvalue weighted by molar-refractivity contribution is -0.167. The summed E-state index contributed by atoms with van der Waals surface area (Å²) < 4.78 is 36.8. The number of amides is 1. The molecule has 0 bridgehead atoms. The summed E-state index contributed by atoms with van der Waals surface area (Å²) in [4.78, 5) is 18.2. The number of carbonyl (C=O) groups excluding carboxylic acids is 1. The first-order valence-electron chi connectivity index (χ1n) is 7.10. The molecule has 0 spiro atoms. The minimum Gasteiger partial charge on any atom is -0.347 e. The van der Waals surface area contributed by atoms with E-state index in [0.29, 0.717) is 6.54 Å². The topological polar surface area (TPSA) is 69.8 Å². The van der Waals surface area contributed by atoms with Crippen LogP contribution in [0.15, 0.2) is 36.7 Å². The standard InChI is InChI=1S/C15H17F3N4O/c1-2-12(13-19-6-7-20-13)21-9-10-4-3-5-11(8-10)22-14(23)15(16,17)18/h3-8,12,21H,2,9H2,1H3,(H,19,20)(H,22,23). The first kappa shape index (κ1) is 17.0. The molecule has 23 heavy (non-hydrogen) atoms. The largest absolute Gasteiger partial charge is 0.471 e. The third-order valence-corrected chi connectivity index (χ3v) is 3.25. The van der Waals surface area contributed by atoms with E-state index >= 15 is 0 Å². The molecule has 1 amide bonds. The average Bonchev–Trinajstić information content (AvgIpc) is 3.01. The monoisotopic (exact) mass is 326 g/mol. The van der Waals surface area contributed by atoms with Gasteiger partial charge in [0.15, 0.2) is 0 Å². The maximum absolute atomic E-state index is 12.3. The normalized spacial score (nSPS) is 12.9. The van der Waals surface area contributed by atoms with Crippen molar-refractivity contribution < 1.29 is 18.0 Å². The van der Waals surface area contributed by atoms with E-state index in [1.807, 2.05) is 12.2 Å². The molecule has 0 aliphatic carbocycles. The van der Waals surface area contributed by atoms with Crippen molar-refractivity contribution in [2.45, 2.75) is 32.1 Å². The molecule has 1 heterocycles. The fourth-order valence-corrected chi connectivity index (χ4v) is 2.10. The number of anilines is 1. The highest BCUT2D eigenvalue weighted by atomic mass is 19.4. The van der Waals surface area contributed by atoms with Crippen LogP contribution < -0.4 is 10.6 Å². The maximum Gasteiger partial charge on any atom is 0.471 e. The third kappa shape index (κ3) is 4.82. The predicted molar refractivity (Wildman–Crippen MR) is 79.6 cm³/mol. The van der Waals surface area contributed by atoms with Crippen molar-refractivity contribution in [2.24, 2.45) is 0 Å². The van der Waals surface area contributed by atoms with Gasteiger partial charge < -0.3 is 15.6 Å². The lowest BCUT2D eigenvalue weighted by Gasteiger charge is -2.15. The number of alkyl halides is 3. The molecule has 0 saturated heterocycles. The number of carbonyl (C=O) groups is 1. The lowest BCUT2D eigenvalue weighted by atomic mass is 10.1. The zero-order valence-electron chi connectivity index (χ0n) is 12.4. The average molecular weight is 326 g/mol. The third-order valence-electron chi connectivity index (χ3n) is 3.25. The second-order valence-corrected chi connectivity index (χ2v) is 4.97. The highest BCUT2D eigenvalue weighted by Crippen LogP contribution is 2.19. The number of H-pyrrole nitrogens is 1. The summed E-state index contributed by atoms with van der Waals surface area (Å²) in [6.07, 6.45) is -0.710. The molecule has 1 atom stereocenters. The Morgan fingerprint density at radius 1 is 1.39 bits per heavy atom. The van der Waals surface area contributed by atoms with Gasteiger partial charge in [-0.2, -0.15) is 13.2 Å². The van der Waals surface area contributed by atoms with E-state index in [1.165, 1.54) is 12.1 Å². The van der Waals surface area contributed by atoms with Crippen LogP contribution in [0.25, 0.3) is 0 Å². The molecule has 124 valence electrons. The van der Waals surface area contributed by atoms with Crippen molar-refractivity contribution in [1.82, 2.24) is 15.3 Å². The number of hydrogen-bond acceptors (Lipinski definition) is 3. The number of nitrogens with one attached hydrogen (secondary N) is 3. The Labute approximate surface area is 131 Å². The summed E-state index contributed by atoms with van der Waals surface area (Å²) in [6, 6.07) is 6.29. The Morgan fingerprint density at radius 3 is 2.78 bits per heavy atom. The van der Waals surface area contributed by atoms with Crippen molar-refractivity contribution in [3.05, 3.63) is 48.0 Å². The van der Waals surface area contributed by atoms with Crippen molar-refractivity contribution in [1.29, 1.82) is 0 Å². The van der Waals surface area contributed by atoms with Gasteiger partial charge in [-0.25, -0.2) is 4.98 Å². The summed E-state index contributed by atoms with van der Waals surface area (Å²) in [7, 11) is 0. The molecule has 8 heteroatoms. The summed E-state index contributed by atoms with van der Waals surface area (Å²) in [6.45, 7) is 2.44. The molecule has 0 aliphatic rings. The molecular formula is C15H17F3N4O. The second kappa shape index (κ2) is 7.28. The van der Waals surface area contributed by atoms with E-state index < -0.39 is 12.1 Å². The van der Waals surface area contributed by atoms with E-state index in [9.17, 15) is 18.0 Å². The Kier molecular flexibility index (Phi) is 5.38. The van der Waals surface area contributed by atoms with E-state index in [0.717, 1.165) is 17.8 Å². The highest BCUT2D eigenvalue weighted by Gasteiger charge is 2.38. The number of hydrogen-bond donors (Lipinski definition) is 3. The summed E-state index contributed by atoms with van der Waals surface area (Å²) in [5.41, 5.74) is 0.868. The number of nitrogens with zero attached hydrogens (tertiary/aromatic N) is 1. The predicted octanol–water partition coefficient (Wildman–Crippen LogP) is 3.15. The van der Waals surface area contributed by atoms with Gasteiger partial charge in [0.2, 0.25) is 0 Å². The molecule has 2 aromatic rings. The van der Waals surface area contributed by atoms with Crippen LogP contribution in [0.3, 0.4) is 0 Å². The number of halogens is 3. The molecule has 1 unspecified atom stereocenters. The van der Waals surface area contributed by atoms with Gasteiger partial charge in [0.1, 0.15) is 5.82 Å². The van der Waals surface area contributed by atoms with E-state index in [1.54, 1.807) is 24.5 Å². The molecule has 0 radical (unpaired) electrons. The van der Waals surface area contributed by atoms with Gasteiger partial charge >= 0.3 is 12.1 Å². The minimum absolute atomic E-state index is 0.0124. The van der Waals surface area contributed by atoms with Crippen molar-refractivity contribution in [3.8, 4) is 0 Å². The van der Waals surface area contributed by atoms with Crippen molar-refractivity contribution >= 4 is 11.6 Å². The van der Waals surface area contributed by atoms with Gasteiger partial charge in [0.25, 0.3) is 0 Å². The Bertz CT molecular complexity index is 640. The molecule has 1 aromatic heterocycles. The zero-order valence-corrected chi connectivity index (χ0v) is 12.4. The molecule has 2 rings (SSSR count). The molecule has 0 fully saturated rings. The van der Waals surface area contributed by atoms with Crippen LogP contribution in [-0.2, 0) is 11.3 Å². The van der Waals surface area contributed by atoms with Crippen LogP contribution in [0.1, 0.15) is 30.8 Å². The summed E-state index contributed by atoms with van der Waals surface area (Å²) in [5, 5.41) is 5.11. The van der Waals surface area contributed by atoms with Gasteiger partial charge in [-0.05, 0) is 24.1 Å². The molecule has 0 saturated carbocycles. The fraction of sp³-hybridized carbons (Fsp3) is 0.333. The number of aromatic nitrogens is 2. The number of aromatic amines is 1. The van der Waals surface area contributed by atoms with Crippen molar-refractivity contribution in [2.75, 3.05) is 5.32 Å². The summed E-state index contributed by atoms with van der Waals surface area (Å²) in [5.74, 6) is -1.18. The number of benzene rings is 1. The first-order chi connectivity index (χ1) is 10.9. The molecular weight excluding hydrogens is 309 g/mol. The molecule has 1 aromatic carbocycles. The lowest BCUT2D eigenvalue weighted by Crippen LogP contribution is -2.30. The molecule has 3 N–H and O–H groups in total. The van der Waals surface area contributed by atoms with Gasteiger partial charge in [0.05, 0.1) is 6.04 Å². The van der Waals surface area contributed by atoms with Gasteiger partial charge in [-0.3, -0.25) is 4.79 Å². The smallest absolute Gasteiger partial charge is 0.347 e. The molecule has 5 nitrogen and oxygen atoms in total. The first-order valence-corrected chi connectivity index (χ1v) is 7.10. The van der Waals surface area contributed by atoms with Crippen LogP contribution in [-0.4, -0.2) is 22.1 Å². The van der Waals surface area contributed by atoms with E-state index in [4.69, 9.17) is 0 Å². The Morgan fingerprint density at radius 2 is 2.17 bits per heavy atom. The minimum atomic E-state index is -4.90.